The van der Waals surface area contributed by atoms with Gasteiger partial charge in [0.1, 0.15) is 6.04 Å². The summed E-state index contributed by atoms with van der Waals surface area (Å²) >= 11 is 0. The molecule has 1 atom stereocenters. The molecular weight excluding hydrogens is 290 g/mol. The number of carbonyl (C=O) groups is 1. The topological polar surface area (TPSA) is 92.5 Å². The number of carbonyl (C=O) groups excluding carboxylic acids is 1. The van der Waals surface area contributed by atoms with Crippen LogP contribution >= 0.6 is 0 Å². The first-order chi connectivity index (χ1) is 9.65. The van der Waals surface area contributed by atoms with Crippen LogP contribution in [0.5, 0.6) is 0 Å². The molecule has 1 saturated heterocycles. The molecular formula is C14H21N3O3S. The molecule has 1 aromatic carbocycles. The lowest BCUT2D eigenvalue weighted by atomic mass is 10.1. The van der Waals surface area contributed by atoms with Gasteiger partial charge in [0.2, 0.25) is 15.9 Å². The maximum atomic E-state index is 12.6. The minimum atomic E-state index is -3.78. The zero-order chi connectivity index (χ0) is 15.9. The zero-order valence-corrected chi connectivity index (χ0v) is 13.5. The summed E-state index contributed by atoms with van der Waals surface area (Å²) in [6.45, 7) is 5.80. The maximum absolute atomic E-state index is 12.6. The number of nitrogen functional groups attached to an aromatic ring is 1. The summed E-state index contributed by atoms with van der Waals surface area (Å²) in [5, 5.41) is 0. The SMILES string of the molecule is Cc1cc(N)c(C)c(S(=O)(=O)NC2CCN(C)C2=O)c1C. The van der Waals surface area contributed by atoms with Crippen molar-refractivity contribution in [2.45, 2.75) is 38.1 Å². The van der Waals surface area contributed by atoms with E-state index in [1.165, 1.54) is 4.90 Å². The first kappa shape index (κ1) is 15.8. The third-order valence-corrected chi connectivity index (χ3v) is 5.82. The highest BCUT2D eigenvalue weighted by Gasteiger charge is 2.34. The van der Waals surface area contributed by atoms with E-state index in [-0.39, 0.29) is 10.8 Å². The lowest BCUT2D eigenvalue weighted by Crippen LogP contribution is -2.41. The van der Waals surface area contributed by atoms with Gasteiger partial charge >= 0.3 is 0 Å². The van der Waals surface area contributed by atoms with E-state index in [1.54, 1.807) is 27.0 Å². The van der Waals surface area contributed by atoms with Gasteiger partial charge in [0.15, 0.2) is 0 Å². The zero-order valence-electron chi connectivity index (χ0n) is 12.7. The predicted molar refractivity (Wildman–Crippen MR) is 81.4 cm³/mol. The number of amides is 1. The Morgan fingerprint density at radius 2 is 1.90 bits per heavy atom. The Balaban J connectivity index is 2.44. The second-order valence-corrected chi connectivity index (χ2v) is 7.23. The molecule has 2 rings (SSSR count). The Morgan fingerprint density at radius 3 is 2.43 bits per heavy atom. The summed E-state index contributed by atoms with van der Waals surface area (Å²) < 4.78 is 27.8. The number of rotatable bonds is 3. The minimum Gasteiger partial charge on any atom is -0.398 e. The van der Waals surface area contributed by atoms with Gasteiger partial charge in [-0.3, -0.25) is 4.79 Å². The van der Waals surface area contributed by atoms with Gasteiger partial charge in [0.25, 0.3) is 0 Å². The van der Waals surface area contributed by atoms with E-state index in [4.69, 9.17) is 5.73 Å². The van der Waals surface area contributed by atoms with Crippen LogP contribution < -0.4 is 10.5 Å². The molecule has 7 heteroatoms. The largest absolute Gasteiger partial charge is 0.398 e. The molecule has 3 N–H and O–H groups in total. The van der Waals surface area contributed by atoms with Crippen molar-refractivity contribution in [1.29, 1.82) is 0 Å². The first-order valence-corrected chi connectivity index (χ1v) is 8.27. The molecule has 1 unspecified atom stereocenters. The average Bonchev–Trinajstić information content (AvgIpc) is 2.68. The van der Waals surface area contributed by atoms with Gasteiger partial charge < -0.3 is 10.6 Å². The number of benzene rings is 1. The third-order valence-electron chi connectivity index (χ3n) is 4.07. The molecule has 1 heterocycles. The average molecular weight is 311 g/mol. The Kier molecular flexibility index (Phi) is 3.99. The van der Waals surface area contributed by atoms with Gasteiger partial charge in [-0.25, -0.2) is 8.42 Å². The number of likely N-dealkylation sites (N-methyl/N-ethyl adjacent to an activating group) is 1. The normalized spacial score (nSPS) is 19.3. The van der Waals surface area contributed by atoms with Gasteiger partial charge in [-0.15, -0.1) is 0 Å². The Labute approximate surface area is 125 Å². The number of anilines is 1. The van der Waals surface area contributed by atoms with Gasteiger partial charge in [0.05, 0.1) is 4.90 Å². The smallest absolute Gasteiger partial charge is 0.241 e. The van der Waals surface area contributed by atoms with E-state index in [0.29, 0.717) is 29.8 Å². The summed E-state index contributed by atoms with van der Waals surface area (Å²) in [5.74, 6) is -0.200. The molecule has 1 aliphatic heterocycles. The van der Waals surface area contributed by atoms with Crippen LogP contribution in [0.15, 0.2) is 11.0 Å². The number of aryl methyl sites for hydroxylation is 1. The summed E-state index contributed by atoms with van der Waals surface area (Å²) in [5.41, 5.74) is 8.31. The molecule has 116 valence electrons. The quantitative estimate of drug-likeness (QED) is 0.804. The highest BCUT2D eigenvalue weighted by Crippen LogP contribution is 2.28. The highest BCUT2D eigenvalue weighted by molar-refractivity contribution is 7.89. The Bertz CT molecular complexity index is 672. The standard InChI is InChI=1S/C14H21N3O3S/c1-8-7-11(15)10(3)13(9(8)2)21(19,20)16-12-5-6-17(4)14(12)18/h7,12,16H,5-6,15H2,1-4H3. The van der Waals surface area contributed by atoms with Crippen LogP contribution in [0.2, 0.25) is 0 Å². The summed E-state index contributed by atoms with van der Waals surface area (Å²) in [6, 6.07) is 1.07. The Morgan fingerprint density at radius 1 is 1.29 bits per heavy atom. The van der Waals surface area contributed by atoms with E-state index in [0.717, 1.165) is 5.56 Å². The van der Waals surface area contributed by atoms with Crippen LogP contribution in [0.25, 0.3) is 0 Å². The molecule has 1 fully saturated rings. The van der Waals surface area contributed by atoms with E-state index < -0.39 is 16.1 Å². The number of hydrogen-bond donors (Lipinski definition) is 2. The van der Waals surface area contributed by atoms with Crippen LogP contribution in [-0.2, 0) is 14.8 Å². The summed E-state index contributed by atoms with van der Waals surface area (Å²) in [6.07, 6.45) is 0.480. The van der Waals surface area contributed by atoms with Crippen LogP contribution in [0.1, 0.15) is 23.1 Å². The molecule has 0 aromatic heterocycles. The Hall–Kier alpha value is -1.60. The van der Waals surface area contributed by atoms with Crippen molar-refractivity contribution >= 4 is 21.6 Å². The number of likely N-dealkylation sites (tertiary alicyclic amines) is 1. The molecule has 1 amide bonds. The van der Waals surface area contributed by atoms with Gasteiger partial charge in [0, 0.05) is 19.3 Å². The predicted octanol–water partition coefficient (Wildman–Crippen LogP) is 0.703. The molecule has 6 nitrogen and oxygen atoms in total. The third kappa shape index (κ3) is 2.75. The molecule has 0 bridgehead atoms. The second-order valence-electron chi connectivity index (χ2n) is 5.58. The van der Waals surface area contributed by atoms with Crippen molar-refractivity contribution in [3.8, 4) is 0 Å². The summed E-state index contributed by atoms with van der Waals surface area (Å²) in [7, 11) is -2.12. The lowest BCUT2D eigenvalue weighted by Gasteiger charge is -2.18. The molecule has 0 aliphatic carbocycles. The van der Waals surface area contributed by atoms with Crippen LogP contribution in [0.3, 0.4) is 0 Å². The number of nitrogens with zero attached hydrogens (tertiary/aromatic N) is 1. The van der Waals surface area contributed by atoms with Crippen molar-refractivity contribution in [2.75, 3.05) is 19.3 Å². The molecule has 0 radical (unpaired) electrons. The van der Waals surface area contributed by atoms with E-state index in [9.17, 15) is 13.2 Å². The fourth-order valence-electron chi connectivity index (χ4n) is 2.62. The monoisotopic (exact) mass is 311 g/mol. The van der Waals surface area contributed by atoms with Crippen molar-refractivity contribution in [2.24, 2.45) is 0 Å². The van der Waals surface area contributed by atoms with Crippen molar-refractivity contribution < 1.29 is 13.2 Å². The van der Waals surface area contributed by atoms with Crippen molar-refractivity contribution in [3.05, 3.63) is 22.8 Å². The van der Waals surface area contributed by atoms with Crippen molar-refractivity contribution in [1.82, 2.24) is 9.62 Å². The molecule has 0 spiro atoms. The minimum absolute atomic E-state index is 0.183. The molecule has 1 aromatic rings. The molecule has 0 saturated carbocycles. The fourth-order valence-corrected chi connectivity index (χ4v) is 4.42. The van der Waals surface area contributed by atoms with Gasteiger partial charge in [-0.05, 0) is 49.9 Å². The lowest BCUT2D eigenvalue weighted by molar-refractivity contribution is -0.127. The number of nitrogens with two attached hydrogens (primary N) is 1. The number of hydrogen-bond acceptors (Lipinski definition) is 4. The first-order valence-electron chi connectivity index (χ1n) is 6.78. The number of nitrogens with one attached hydrogen (secondary N) is 1. The van der Waals surface area contributed by atoms with Crippen LogP contribution in [0.4, 0.5) is 5.69 Å². The molecule has 21 heavy (non-hydrogen) atoms. The maximum Gasteiger partial charge on any atom is 0.241 e. The van der Waals surface area contributed by atoms with Gasteiger partial charge in [-0.2, -0.15) is 4.72 Å². The fraction of sp³-hybridized carbons (Fsp3) is 0.500. The van der Waals surface area contributed by atoms with E-state index in [2.05, 4.69) is 4.72 Å². The van der Waals surface area contributed by atoms with Crippen LogP contribution in [0, 0.1) is 20.8 Å². The number of sulfonamides is 1. The molecule has 1 aliphatic rings. The van der Waals surface area contributed by atoms with E-state index >= 15 is 0 Å². The van der Waals surface area contributed by atoms with Crippen molar-refractivity contribution in [3.63, 3.8) is 0 Å². The van der Waals surface area contributed by atoms with Crippen LogP contribution in [-0.4, -0.2) is 38.9 Å². The van der Waals surface area contributed by atoms with Gasteiger partial charge in [-0.1, -0.05) is 0 Å². The second kappa shape index (κ2) is 5.31. The highest BCUT2D eigenvalue weighted by atomic mass is 32.2. The summed E-state index contributed by atoms with van der Waals surface area (Å²) in [4.78, 5) is 13.6. The van der Waals surface area contributed by atoms with E-state index in [1.807, 2.05) is 6.92 Å².